The molecule has 0 aromatic carbocycles. The Hall–Kier alpha value is -1.43. The van der Waals surface area contributed by atoms with E-state index in [-0.39, 0.29) is 5.91 Å². The lowest BCUT2D eigenvalue weighted by Crippen LogP contribution is -2.29. The average Bonchev–Trinajstić information content (AvgIpc) is 2.50. The first-order valence-corrected chi connectivity index (χ1v) is 4.42. The van der Waals surface area contributed by atoms with Gasteiger partial charge in [-0.15, -0.1) is 10.2 Å². The van der Waals surface area contributed by atoms with Gasteiger partial charge in [0.15, 0.2) is 0 Å². The topological polar surface area (TPSA) is 80.0 Å². The minimum Gasteiger partial charge on any atom is -0.424 e. The fraction of sp³-hybridized carbons (Fsp3) is 0.625. The Labute approximate surface area is 82.1 Å². The van der Waals surface area contributed by atoms with Crippen molar-refractivity contribution in [1.82, 2.24) is 20.8 Å². The third-order valence-electron chi connectivity index (χ3n) is 1.52. The standard InChI is InChI=1S/C8H14N4O2/c1-6(13)10-4-3-9-5-8-12-11-7(2)14-8/h9H,3-5H2,1-2H3,(H,10,13). The van der Waals surface area contributed by atoms with E-state index >= 15 is 0 Å². The van der Waals surface area contributed by atoms with Crippen LogP contribution < -0.4 is 10.6 Å². The molecule has 0 unspecified atom stereocenters. The zero-order valence-corrected chi connectivity index (χ0v) is 8.33. The SMILES string of the molecule is CC(=O)NCCNCc1nnc(C)o1. The van der Waals surface area contributed by atoms with Crippen molar-refractivity contribution in [2.75, 3.05) is 13.1 Å². The molecule has 6 nitrogen and oxygen atoms in total. The van der Waals surface area contributed by atoms with Crippen molar-refractivity contribution >= 4 is 5.91 Å². The number of carbonyl (C=O) groups is 1. The highest BCUT2D eigenvalue weighted by Gasteiger charge is 2.00. The van der Waals surface area contributed by atoms with Gasteiger partial charge in [-0.05, 0) is 0 Å². The van der Waals surface area contributed by atoms with Gasteiger partial charge >= 0.3 is 0 Å². The van der Waals surface area contributed by atoms with E-state index in [0.717, 1.165) is 0 Å². The van der Waals surface area contributed by atoms with Crippen LogP contribution in [0.3, 0.4) is 0 Å². The van der Waals surface area contributed by atoms with Crippen molar-refractivity contribution in [2.24, 2.45) is 0 Å². The molecule has 14 heavy (non-hydrogen) atoms. The molecule has 0 saturated heterocycles. The molecule has 78 valence electrons. The van der Waals surface area contributed by atoms with E-state index < -0.39 is 0 Å². The van der Waals surface area contributed by atoms with Gasteiger partial charge in [0, 0.05) is 26.9 Å². The molecule has 1 amide bonds. The second kappa shape index (κ2) is 5.33. The van der Waals surface area contributed by atoms with E-state index in [2.05, 4.69) is 20.8 Å². The molecule has 1 aromatic heterocycles. The molecule has 0 fully saturated rings. The van der Waals surface area contributed by atoms with E-state index in [9.17, 15) is 4.79 Å². The second-order valence-corrected chi connectivity index (χ2v) is 2.87. The number of hydrogen-bond acceptors (Lipinski definition) is 5. The maximum absolute atomic E-state index is 10.5. The van der Waals surface area contributed by atoms with Crippen molar-refractivity contribution in [2.45, 2.75) is 20.4 Å². The Morgan fingerprint density at radius 1 is 1.43 bits per heavy atom. The molecule has 0 atom stereocenters. The van der Waals surface area contributed by atoms with Crippen LogP contribution in [0.4, 0.5) is 0 Å². The minimum absolute atomic E-state index is 0.0274. The Bertz CT molecular complexity index is 297. The third-order valence-corrected chi connectivity index (χ3v) is 1.52. The van der Waals surface area contributed by atoms with Crippen molar-refractivity contribution in [3.8, 4) is 0 Å². The smallest absolute Gasteiger partial charge is 0.230 e. The van der Waals surface area contributed by atoms with Crippen LogP contribution >= 0.6 is 0 Å². The molecule has 2 N–H and O–H groups in total. The van der Waals surface area contributed by atoms with Crippen molar-refractivity contribution in [3.63, 3.8) is 0 Å². The van der Waals surface area contributed by atoms with E-state index in [1.54, 1.807) is 6.92 Å². The quantitative estimate of drug-likeness (QED) is 0.629. The largest absolute Gasteiger partial charge is 0.424 e. The summed E-state index contributed by atoms with van der Waals surface area (Å²) in [6.45, 7) is 5.04. The Balaban J connectivity index is 2.07. The molecule has 6 heteroatoms. The maximum atomic E-state index is 10.5. The van der Waals surface area contributed by atoms with Crippen LogP contribution in [0.5, 0.6) is 0 Å². The summed E-state index contributed by atoms with van der Waals surface area (Å²) >= 11 is 0. The predicted octanol–water partition coefficient (Wildman–Crippen LogP) is -0.396. The van der Waals surface area contributed by atoms with Crippen LogP contribution in [0, 0.1) is 6.92 Å². The molecule has 0 aliphatic carbocycles. The zero-order valence-electron chi connectivity index (χ0n) is 8.33. The van der Waals surface area contributed by atoms with E-state index in [1.807, 2.05) is 0 Å². The van der Waals surface area contributed by atoms with Crippen LogP contribution in [0.1, 0.15) is 18.7 Å². The van der Waals surface area contributed by atoms with Gasteiger partial charge in [-0.25, -0.2) is 0 Å². The summed E-state index contributed by atoms with van der Waals surface area (Å²) in [4.78, 5) is 10.5. The zero-order chi connectivity index (χ0) is 10.4. The van der Waals surface area contributed by atoms with Crippen molar-refractivity contribution < 1.29 is 9.21 Å². The molecule has 0 bridgehead atoms. The highest BCUT2D eigenvalue weighted by molar-refractivity contribution is 5.72. The van der Waals surface area contributed by atoms with Gasteiger partial charge in [0.1, 0.15) is 0 Å². The van der Waals surface area contributed by atoms with Crippen LogP contribution in [-0.2, 0) is 11.3 Å². The van der Waals surface area contributed by atoms with E-state index in [1.165, 1.54) is 6.92 Å². The summed E-state index contributed by atoms with van der Waals surface area (Å²) in [5.74, 6) is 1.09. The molecular weight excluding hydrogens is 184 g/mol. The molecule has 1 heterocycles. The Morgan fingerprint density at radius 2 is 2.21 bits per heavy atom. The van der Waals surface area contributed by atoms with E-state index in [4.69, 9.17) is 4.42 Å². The molecule has 0 radical (unpaired) electrons. The van der Waals surface area contributed by atoms with Gasteiger partial charge in [-0.2, -0.15) is 0 Å². The van der Waals surface area contributed by atoms with Crippen LogP contribution in [-0.4, -0.2) is 29.2 Å². The fourth-order valence-electron chi connectivity index (χ4n) is 0.931. The molecule has 0 aliphatic heterocycles. The van der Waals surface area contributed by atoms with Gasteiger partial charge in [0.05, 0.1) is 6.54 Å². The molecule has 1 aromatic rings. The maximum Gasteiger partial charge on any atom is 0.230 e. The van der Waals surface area contributed by atoms with Crippen molar-refractivity contribution in [1.29, 1.82) is 0 Å². The molecule has 1 rings (SSSR count). The number of aromatic nitrogens is 2. The fourth-order valence-corrected chi connectivity index (χ4v) is 0.931. The molecule has 0 spiro atoms. The lowest BCUT2D eigenvalue weighted by molar-refractivity contribution is -0.118. The summed E-state index contributed by atoms with van der Waals surface area (Å²) in [6.07, 6.45) is 0. The monoisotopic (exact) mass is 198 g/mol. The third kappa shape index (κ3) is 3.99. The Morgan fingerprint density at radius 3 is 2.79 bits per heavy atom. The van der Waals surface area contributed by atoms with Gasteiger partial charge in [0.25, 0.3) is 0 Å². The summed E-state index contributed by atoms with van der Waals surface area (Å²) in [5, 5.41) is 13.2. The second-order valence-electron chi connectivity index (χ2n) is 2.87. The first-order chi connectivity index (χ1) is 6.68. The highest BCUT2D eigenvalue weighted by atomic mass is 16.4. The summed E-state index contributed by atoms with van der Waals surface area (Å²) in [6, 6.07) is 0. The Kier molecular flexibility index (Phi) is 4.06. The molecule has 0 saturated carbocycles. The summed E-state index contributed by atoms with van der Waals surface area (Å²) in [7, 11) is 0. The summed E-state index contributed by atoms with van der Waals surface area (Å²) in [5.41, 5.74) is 0. The highest BCUT2D eigenvalue weighted by Crippen LogP contribution is 1.95. The minimum atomic E-state index is -0.0274. The predicted molar refractivity (Wildman–Crippen MR) is 49.4 cm³/mol. The van der Waals surface area contributed by atoms with E-state index in [0.29, 0.717) is 31.4 Å². The van der Waals surface area contributed by atoms with Gasteiger partial charge in [0.2, 0.25) is 17.7 Å². The molecular formula is C8H14N4O2. The first-order valence-electron chi connectivity index (χ1n) is 4.42. The van der Waals surface area contributed by atoms with Gasteiger partial charge in [-0.1, -0.05) is 0 Å². The number of rotatable bonds is 5. The number of nitrogens with zero attached hydrogens (tertiary/aromatic N) is 2. The van der Waals surface area contributed by atoms with Gasteiger partial charge in [-0.3, -0.25) is 4.79 Å². The van der Waals surface area contributed by atoms with Crippen LogP contribution in [0.15, 0.2) is 4.42 Å². The molecule has 0 aliphatic rings. The number of carbonyl (C=O) groups excluding carboxylic acids is 1. The number of aryl methyl sites for hydroxylation is 1. The lowest BCUT2D eigenvalue weighted by atomic mass is 10.5. The summed E-state index contributed by atoms with van der Waals surface area (Å²) < 4.78 is 5.14. The number of hydrogen-bond donors (Lipinski definition) is 2. The van der Waals surface area contributed by atoms with Crippen molar-refractivity contribution in [3.05, 3.63) is 11.8 Å². The number of nitrogens with one attached hydrogen (secondary N) is 2. The lowest BCUT2D eigenvalue weighted by Gasteiger charge is -2.01. The first kappa shape index (κ1) is 10.6. The van der Waals surface area contributed by atoms with Crippen LogP contribution in [0.2, 0.25) is 0 Å². The van der Waals surface area contributed by atoms with Crippen LogP contribution in [0.25, 0.3) is 0 Å². The van der Waals surface area contributed by atoms with Gasteiger partial charge < -0.3 is 15.1 Å². The normalized spacial score (nSPS) is 10.1. The number of amides is 1. The average molecular weight is 198 g/mol.